The minimum atomic E-state index is -3.19. The highest BCUT2D eigenvalue weighted by molar-refractivity contribution is 7.89. The van der Waals surface area contributed by atoms with E-state index in [0.717, 1.165) is 18.5 Å². The topological polar surface area (TPSA) is 62.3 Å². The fourth-order valence-electron chi connectivity index (χ4n) is 2.46. The Morgan fingerprint density at radius 3 is 2.95 bits per heavy atom. The first kappa shape index (κ1) is 15.4. The van der Waals surface area contributed by atoms with Crippen LogP contribution in [0.2, 0.25) is 0 Å². The molecule has 0 amide bonds. The van der Waals surface area contributed by atoms with Crippen LogP contribution >= 0.6 is 0 Å². The van der Waals surface area contributed by atoms with E-state index in [-0.39, 0.29) is 5.75 Å². The lowest BCUT2D eigenvalue weighted by Crippen LogP contribution is -2.37. The van der Waals surface area contributed by atoms with Crippen LogP contribution in [0.15, 0.2) is 24.5 Å². The standard InChI is InChI=1S/C14H23N3O2S/c1-17(12-13-5-4-8-15-11-13)20(18,19)10-7-14-6-2-3-9-16-14/h4-5,8,11,14,16H,2-3,6-7,9-10,12H2,1H3. The molecule has 6 heteroatoms. The Morgan fingerprint density at radius 2 is 2.30 bits per heavy atom. The van der Waals surface area contributed by atoms with Gasteiger partial charge in [-0.1, -0.05) is 12.5 Å². The highest BCUT2D eigenvalue weighted by Crippen LogP contribution is 2.13. The Kier molecular flexibility index (Phi) is 5.51. The molecule has 112 valence electrons. The predicted molar refractivity (Wildman–Crippen MR) is 79.7 cm³/mol. The van der Waals surface area contributed by atoms with Crippen molar-refractivity contribution in [1.82, 2.24) is 14.6 Å². The number of sulfonamides is 1. The minimum Gasteiger partial charge on any atom is -0.314 e. The van der Waals surface area contributed by atoms with Crippen LogP contribution < -0.4 is 5.32 Å². The third kappa shape index (κ3) is 4.54. The fraction of sp³-hybridized carbons (Fsp3) is 0.643. The van der Waals surface area contributed by atoms with Crippen molar-refractivity contribution in [1.29, 1.82) is 0 Å². The lowest BCUT2D eigenvalue weighted by atomic mass is 10.0. The summed E-state index contributed by atoms with van der Waals surface area (Å²) >= 11 is 0. The van der Waals surface area contributed by atoms with Crippen molar-refractivity contribution in [2.24, 2.45) is 0 Å². The average molecular weight is 297 g/mol. The molecule has 0 saturated carbocycles. The molecule has 1 aromatic heterocycles. The first-order chi connectivity index (χ1) is 9.58. The molecular formula is C14H23N3O2S. The van der Waals surface area contributed by atoms with E-state index in [9.17, 15) is 8.42 Å². The highest BCUT2D eigenvalue weighted by Gasteiger charge is 2.21. The van der Waals surface area contributed by atoms with Crippen LogP contribution in [0.5, 0.6) is 0 Å². The van der Waals surface area contributed by atoms with Crippen molar-refractivity contribution in [3.63, 3.8) is 0 Å². The molecule has 1 aromatic rings. The first-order valence-corrected chi connectivity index (χ1v) is 8.75. The van der Waals surface area contributed by atoms with Crippen LogP contribution in [0.4, 0.5) is 0 Å². The molecule has 1 atom stereocenters. The van der Waals surface area contributed by atoms with Crippen LogP contribution in [0.25, 0.3) is 0 Å². The lowest BCUT2D eigenvalue weighted by Gasteiger charge is -2.24. The van der Waals surface area contributed by atoms with E-state index in [1.54, 1.807) is 19.4 Å². The summed E-state index contributed by atoms with van der Waals surface area (Å²) in [7, 11) is -1.56. The van der Waals surface area contributed by atoms with Gasteiger partial charge in [-0.3, -0.25) is 4.98 Å². The Morgan fingerprint density at radius 1 is 1.45 bits per heavy atom. The Balaban J connectivity index is 1.85. The van der Waals surface area contributed by atoms with Gasteiger partial charge in [0.05, 0.1) is 5.75 Å². The lowest BCUT2D eigenvalue weighted by molar-refractivity contribution is 0.388. The third-order valence-electron chi connectivity index (χ3n) is 3.74. The van der Waals surface area contributed by atoms with E-state index in [1.165, 1.54) is 17.1 Å². The van der Waals surface area contributed by atoms with E-state index < -0.39 is 10.0 Å². The van der Waals surface area contributed by atoms with Gasteiger partial charge in [0.25, 0.3) is 0 Å². The second-order valence-electron chi connectivity index (χ2n) is 5.37. The second kappa shape index (κ2) is 7.15. The summed E-state index contributed by atoms with van der Waals surface area (Å²) in [4.78, 5) is 4.01. The van der Waals surface area contributed by atoms with Gasteiger partial charge in [-0.05, 0) is 37.4 Å². The maximum Gasteiger partial charge on any atom is 0.214 e. The number of nitrogens with one attached hydrogen (secondary N) is 1. The molecule has 20 heavy (non-hydrogen) atoms. The van der Waals surface area contributed by atoms with E-state index in [0.29, 0.717) is 19.0 Å². The number of pyridine rings is 1. The molecule has 1 aliphatic rings. The SMILES string of the molecule is CN(Cc1cccnc1)S(=O)(=O)CCC1CCCCN1. The smallest absolute Gasteiger partial charge is 0.214 e. The van der Waals surface area contributed by atoms with Crippen molar-refractivity contribution < 1.29 is 8.42 Å². The zero-order valence-corrected chi connectivity index (χ0v) is 12.8. The largest absolute Gasteiger partial charge is 0.314 e. The van der Waals surface area contributed by atoms with Crippen molar-refractivity contribution in [2.75, 3.05) is 19.3 Å². The summed E-state index contributed by atoms with van der Waals surface area (Å²) in [5.41, 5.74) is 0.911. The zero-order valence-electron chi connectivity index (χ0n) is 12.0. The third-order valence-corrected chi connectivity index (χ3v) is 5.57. The number of nitrogens with zero attached hydrogens (tertiary/aromatic N) is 2. The summed E-state index contributed by atoms with van der Waals surface area (Å²) in [6.07, 6.45) is 7.57. The van der Waals surface area contributed by atoms with Crippen LogP contribution in [-0.2, 0) is 16.6 Å². The van der Waals surface area contributed by atoms with E-state index >= 15 is 0 Å². The molecule has 2 heterocycles. The summed E-state index contributed by atoms with van der Waals surface area (Å²) in [6, 6.07) is 4.06. The number of hydrogen-bond donors (Lipinski definition) is 1. The molecule has 0 bridgehead atoms. The highest BCUT2D eigenvalue weighted by atomic mass is 32.2. The molecule has 1 N–H and O–H groups in total. The maximum absolute atomic E-state index is 12.3. The maximum atomic E-state index is 12.3. The molecule has 0 aliphatic carbocycles. The Labute approximate surface area is 121 Å². The number of aromatic nitrogens is 1. The molecule has 1 aliphatic heterocycles. The van der Waals surface area contributed by atoms with E-state index in [4.69, 9.17) is 0 Å². The van der Waals surface area contributed by atoms with Crippen molar-refractivity contribution >= 4 is 10.0 Å². The van der Waals surface area contributed by atoms with E-state index in [1.807, 2.05) is 12.1 Å². The molecule has 0 spiro atoms. The van der Waals surface area contributed by atoms with Crippen molar-refractivity contribution in [2.45, 2.75) is 38.3 Å². The van der Waals surface area contributed by atoms with Gasteiger partial charge in [0.2, 0.25) is 10.0 Å². The van der Waals surface area contributed by atoms with Gasteiger partial charge < -0.3 is 5.32 Å². The van der Waals surface area contributed by atoms with Crippen LogP contribution in [0, 0.1) is 0 Å². The summed E-state index contributed by atoms with van der Waals surface area (Å²) < 4.78 is 25.9. The van der Waals surface area contributed by atoms with Crippen LogP contribution in [0.3, 0.4) is 0 Å². The summed E-state index contributed by atoms with van der Waals surface area (Å²) in [5.74, 6) is 0.210. The molecule has 0 radical (unpaired) electrons. The van der Waals surface area contributed by atoms with Crippen LogP contribution in [-0.4, -0.2) is 43.1 Å². The summed E-state index contributed by atoms with van der Waals surface area (Å²) in [5, 5.41) is 3.39. The number of piperidine rings is 1. The van der Waals surface area contributed by atoms with Gasteiger partial charge in [0.1, 0.15) is 0 Å². The van der Waals surface area contributed by atoms with Gasteiger partial charge in [0, 0.05) is 32.0 Å². The molecular weight excluding hydrogens is 274 g/mol. The zero-order chi connectivity index (χ0) is 14.4. The monoisotopic (exact) mass is 297 g/mol. The van der Waals surface area contributed by atoms with Gasteiger partial charge in [-0.15, -0.1) is 0 Å². The van der Waals surface area contributed by atoms with Crippen LogP contribution in [0.1, 0.15) is 31.2 Å². The number of hydrogen-bond acceptors (Lipinski definition) is 4. The Bertz CT molecular complexity index is 498. The molecule has 1 saturated heterocycles. The van der Waals surface area contributed by atoms with Gasteiger partial charge in [0.15, 0.2) is 0 Å². The van der Waals surface area contributed by atoms with Gasteiger partial charge >= 0.3 is 0 Å². The molecule has 1 unspecified atom stereocenters. The quantitative estimate of drug-likeness (QED) is 0.861. The van der Waals surface area contributed by atoms with Gasteiger partial charge in [-0.2, -0.15) is 0 Å². The summed E-state index contributed by atoms with van der Waals surface area (Å²) in [6.45, 7) is 1.39. The average Bonchev–Trinajstić information content (AvgIpc) is 2.47. The predicted octanol–water partition coefficient (Wildman–Crippen LogP) is 1.38. The molecule has 0 aromatic carbocycles. The first-order valence-electron chi connectivity index (χ1n) is 7.14. The minimum absolute atomic E-state index is 0.210. The normalized spacial score (nSPS) is 20.2. The molecule has 2 rings (SSSR count). The van der Waals surface area contributed by atoms with Crippen molar-refractivity contribution in [3.8, 4) is 0 Å². The second-order valence-corrected chi connectivity index (χ2v) is 7.56. The number of rotatable bonds is 6. The molecule has 1 fully saturated rings. The Hall–Kier alpha value is -0.980. The fourth-order valence-corrected chi connectivity index (χ4v) is 3.70. The molecule has 5 nitrogen and oxygen atoms in total. The van der Waals surface area contributed by atoms with E-state index in [2.05, 4.69) is 10.3 Å². The van der Waals surface area contributed by atoms with Gasteiger partial charge in [-0.25, -0.2) is 12.7 Å². The van der Waals surface area contributed by atoms with Crippen molar-refractivity contribution in [3.05, 3.63) is 30.1 Å².